The number of benzene rings is 1. The summed E-state index contributed by atoms with van der Waals surface area (Å²) in [6.07, 6.45) is 0. The molecule has 0 aliphatic rings. The lowest BCUT2D eigenvalue weighted by Crippen LogP contribution is -2.26. The van der Waals surface area contributed by atoms with E-state index in [-0.39, 0.29) is 5.91 Å². The standard InChI is InChI=1S/C17H18N4O2S2/c1-10-13(24-11(2)18-10)15-19-20-17(23-15)25-14(16(22)21(3)4)12-8-6-5-7-9-12/h5-9,14H,1-4H3. The molecule has 0 aliphatic carbocycles. The zero-order valence-electron chi connectivity index (χ0n) is 14.4. The fourth-order valence-electron chi connectivity index (χ4n) is 2.30. The van der Waals surface area contributed by atoms with Crippen LogP contribution in [0.4, 0.5) is 0 Å². The molecule has 0 bridgehead atoms. The van der Waals surface area contributed by atoms with Crippen molar-refractivity contribution >= 4 is 29.0 Å². The average molecular weight is 374 g/mol. The van der Waals surface area contributed by atoms with Crippen LogP contribution in [0, 0.1) is 13.8 Å². The Hall–Kier alpha value is -2.19. The van der Waals surface area contributed by atoms with Crippen LogP contribution in [0.3, 0.4) is 0 Å². The van der Waals surface area contributed by atoms with Crippen molar-refractivity contribution in [3.05, 3.63) is 46.6 Å². The maximum atomic E-state index is 12.6. The Morgan fingerprint density at radius 1 is 1.20 bits per heavy atom. The van der Waals surface area contributed by atoms with E-state index in [0.29, 0.717) is 11.1 Å². The lowest BCUT2D eigenvalue weighted by molar-refractivity contribution is -0.128. The van der Waals surface area contributed by atoms with Crippen LogP contribution in [-0.4, -0.2) is 40.1 Å². The predicted molar refractivity (Wildman–Crippen MR) is 98.6 cm³/mol. The van der Waals surface area contributed by atoms with Crippen molar-refractivity contribution in [3.63, 3.8) is 0 Å². The molecule has 0 radical (unpaired) electrons. The second kappa shape index (κ2) is 7.37. The number of amides is 1. The van der Waals surface area contributed by atoms with Crippen LogP contribution in [0.1, 0.15) is 21.5 Å². The minimum absolute atomic E-state index is 0.0271. The summed E-state index contributed by atoms with van der Waals surface area (Å²) in [5, 5.41) is 9.10. The van der Waals surface area contributed by atoms with E-state index in [1.165, 1.54) is 23.1 Å². The second-order valence-electron chi connectivity index (χ2n) is 5.66. The summed E-state index contributed by atoms with van der Waals surface area (Å²) in [4.78, 5) is 19.4. The molecule has 1 unspecified atom stereocenters. The first-order valence-corrected chi connectivity index (χ1v) is 9.36. The van der Waals surface area contributed by atoms with Gasteiger partial charge in [0.25, 0.3) is 11.1 Å². The summed E-state index contributed by atoms with van der Waals surface area (Å²) >= 11 is 2.77. The van der Waals surface area contributed by atoms with Gasteiger partial charge in [0.1, 0.15) is 10.1 Å². The number of thioether (sulfide) groups is 1. The van der Waals surface area contributed by atoms with Crippen molar-refractivity contribution in [1.82, 2.24) is 20.1 Å². The van der Waals surface area contributed by atoms with Crippen LogP contribution >= 0.6 is 23.1 Å². The summed E-state index contributed by atoms with van der Waals surface area (Å²) in [7, 11) is 3.48. The fraction of sp³-hybridized carbons (Fsp3) is 0.294. The molecule has 0 saturated heterocycles. The van der Waals surface area contributed by atoms with Gasteiger partial charge in [-0.15, -0.1) is 21.5 Å². The fourth-order valence-corrected chi connectivity index (χ4v) is 4.17. The topological polar surface area (TPSA) is 72.1 Å². The average Bonchev–Trinajstić information content (AvgIpc) is 3.18. The molecule has 6 nitrogen and oxygen atoms in total. The van der Waals surface area contributed by atoms with Crippen LogP contribution in [0.2, 0.25) is 0 Å². The number of carbonyl (C=O) groups excluding carboxylic acids is 1. The Labute approximate surface area is 154 Å². The highest BCUT2D eigenvalue weighted by Gasteiger charge is 2.26. The van der Waals surface area contributed by atoms with E-state index >= 15 is 0 Å². The molecule has 0 fully saturated rings. The number of rotatable bonds is 5. The van der Waals surface area contributed by atoms with Crippen LogP contribution in [-0.2, 0) is 4.79 Å². The molecule has 8 heteroatoms. The SMILES string of the molecule is Cc1nc(C)c(-c2nnc(SC(C(=O)N(C)C)c3ccccc3)o2)s1. The smallest absolute Gasteiger partial charge is 0.278 e. The van der Waals surface area contributed by atoms with Gasteiger partial charge in [0.05, 0.1) is 10.7 Å². The zero-order chi connectivity index (χ0) is 18.0. The Balaban J connectivity index is 1.88. The highest BCUT2D eigenvalue weighted by atomic mass is 32.2. The van der Waals surface area contributed by atoms with Crippen LogP contribution in [0.25, 0.3) is 10.8 Å². The van der Waals surface area contributed by atoms with E-state index in [1.54, 1.807) is 19.0 Å². The number of aromatic nitrogens is 3. The molecular formula is C17H18N4O2S2. The monoisotopic (exact) mass is 374 g/mol. The number of carbonyl (C=O) groups is 1. The van der Waals surface area contributed by atoms with Gasteiger partial charge < -0.3 is 9.32 Å². The van der Waals surface area contributed by atoms with Crippen molar-refractivity contribution in [1.29, 1.82) is 0 Å². The highest BCUT2D eigenvalue weighted by molar-refractivity contribution is 8.00. The number of hydrogen-bond donors (Lipinski definition) is 0. The van der Waals surface area contributed by atoms with Gasteiger partial charge in [-0.3, -0.25) is 4.79 Å². The van der Waals surface area contributed by atoms with E-state index < -0.39 is 5.25 Å². The Kier molecular flexibility index (Phi) is 5.19. The van der Waals surface area contributed by atoms with E-state index in [0.717, 1.165) is 21.1 Å². The van der Waals surface area contributed by atoms with Crippen molar-refractivity contribution in [3.8, 4) is 10.8 Å². The lowest BCUT2D eigenvalue weighted by atomic mass is 10.1. The Morgan fingerprint density at radius 2 is 1.92 bits per heavy atom. The van der Waals surface area contributed by atoms with Gasteiger partial charge in [-0.05, 0) is 31.2 Å². The van der Waals surface area contributed by atoms with E-state index in [9.17, 15) is 4.79 Å². The van der Waals surface area contributed by atoms with E-state index in [1.807, 2.05) is 44.2 Å². The number of hydrogen-bond acceptors (Lipinski definition) is 7. The van der Waals surface area contributed by atoms with Crippen molar-refractivity contribution in [2.24, 2.45) is 0 Å². The summed E-state index contributed by atoms with van der Waals surface area (Å²) in [5.74, 6) is 0.412. The minimum atomic E-state index is -0.436. The van der Waals surface area contributed by atoms with Crippen molar-refractivity contribution < 1.29 is 9.21 Å². The molecule has 3 rings (SSSR count). The predicted octanol–water partition coefficient (Wildman–Crippen LogP) is 3.73. The van der Waals surface area contributed by atoms with Gasteiger partial charge in [0.15, 0.2) is 0 Å². The normalized spacial score (nSPS) is 12.2. The number of likely N-dealkylation sites (N-methyl/N-ethyl adjacent to an activating group) is 1. The van der Waals surface area contributed by atoms with Gasteiger partial charge in [0, 0.05) is 14.1 Å². The molecule has 0 N–H and O–H groups in total. The summed E-state index contributed by atoms with van der Waals surface area (Å²) < 4.78 is 5.79. The Bertz CT molecular complexity index is 874. The molecular weight excluding hydrogens is 356 g/mol. The van der Waals surface area contributed by atoms with E-state index in [2.05, 4.69) is 15.2 Å². The van der Waals surface area contributed by atoms with Crippen molar-refractivity contribution in [2.45, 2.75) is 24.3 Å². The molecule has 1 atom stereocenters. The van der Waals surface area contributed by atoms with E-state index in [4.69, 9.17) is 4.42 Å². The molecule has 130 valence electrons. The van der Waals surface area contributed by atoms with Crippen LogP contribution < -0.4 is 0 Å². The quantitative estimate of drug-likeness (QED) is 0.634. The first-order chi connectivity index (χ1) is 12.0. The third-order valence-corrected chi connectivity index (χ3v) is 5.63. The third-order valence-electron chi connectivity index (χ3n) is 3.49. The first kappa shape index (κ1) is 17.6. The molecule has 0 saturated carbocycles. The largest absolute Gasteiger partial charge is 0.410 e. The molecule has 2 heterocycles. The van der Waals surface area contributed by atoms with Gasteiger partial charge in [-0.2, -0.15) is 0 Å². The summed E-state index contributed by atoms with van der Waals surface area (Å²) in [6, 6.07) is 9.59. The lowest BCUT2D eigenvalue weighted by Gasteiger charge is -2.18. The molecule has 2 aromatic heterocycles. The zero-order valence-corrected chi connectivity index (χ0v) is 16.0. The van der Waals surface area contributed by atoms with Gasteiger partial charge in [-0.25, -0.2) is 4.98 Å². The third kappa shape index (κ3) is 3.91. The maximum Gasteiger partial charge on any atom is 0.278 e. The molecule has 3 aromatic rings. The molecule has 0 aliphatic heterocycles. The highest BCUT2D eigenvalue weighted by Crippen LogP contribution is 2.37. The van der Waals surface area contributed by atoms with Gasteiger partial charge in [-0.1, -0.05) is 30.3 Å². The van der Waals surface area contributed by atoms with Crippen LogP contribution in [0.15, 0.2) is 40.0 Å². The second-order valence-corrected chi connectivity index (χ2v) is 7.92. The number of nitrogens with zero attached hydrogens (tertiary/aromatic N) is 4. The van der Waals surface area contributed by atoms with Gasteiger partial charge >= 0.3 is 0 Å². The summed E-state index contributed by atoms with van der Waals surface area (Å²) in [5.41, 5.74) is 1.77. The molecule has 1 aromatic carbocycles. The van der Waals surface area contributed by atoms with Crippen LogP contribution in [0.5, 0.6) is 0 Å². The first-order valence-electron chi connectivity index (χ1n) is 7.66. The minimum Gasteiger partial charge on any atom is -0.410 e. The summed E-state index contributed by atoms with van der Waals surface area (Å²) in [6.45, 7) is 3.85. The van der Waals surface area contributed by atoms with Crippen molar-refractivity contribution in [2.75, 3.05) is 14.1 Å². The molecule has 0 spiro atoms. The van der Waals surface area contributed by atoms with Gasteiger partial charge in [0.2, 0.25) is 5.91 Å². The number of aryl methyl sites for hydroxylation is 2. The molecule has 1 amide bonds. The number of thiazole rings is 1. The molecule has 25 heavy (non-hydrogen) atoms. The maximum absolute atomic E-state index is 12.6. The Morgan fingerprint density at radius 3 is 2.52 bits per heavy atom.